The summed E-state index contributed by atoms with van der Waals surface area (Å²) in [6, 6.07) is 6.65. The highest BCUT2D eigenvalue weighted by molar-refractivity contribution is 6.31. The van der Waals surface area contributed by atoms with Gasteiger partial charge in [0, 0.05) is 35.4 Å². The van der Waals surface area contributed by atoms with E-state index in [1.54, 1.807) is 0 Å². The van der Waals surface area contributed by atoms with Crippen LogP contribution in [0.5, 0.6) is 0 Å². The minimum absolute atomic E-state index is 0.508. The zero-order chi connectivity index (χ0) is 12.4. The molecule has 1 saturated heterocycles. The molecule has 0 spiro atoms. The molecule has 2 nitrogen and oxygen atoms in total. The van der Waals surface area contributed by atoms with Crippen LogP contribution in [-0.2, 0) is 6.54 Å². The van der Waals surface area contributed by atoms with Crippen molar-refractivity contribution in [1.29, 1.82) is 0 Å². The molecule has 94 valence electrons. The van der Waals surface area contributed by atoms with E-state index >= 15 is 0 Å². The first-order chi connectivity index (χ1) is 8.13. The summed E-state index contributed by atoms with van der Waals surface area (Å²) in [4.78, 5) is 2.45. The summed E-state index contributed by atoms with van der Waals surface area (Å²) < 4.78 is 0. The van der Waals surface area contributed by atoms with Crippen LogP contribution < -0.4 is 10.6 Å². The first-order valence-electron chi connectivity index (χ1n) is 6.37. The van der Waals surface area contributed by atoms with Crippen LogP contribution >= 0.6 is 11.6 Å². The lowest BCUT2D eigenvalue weighted by molar-refractivity contribution is 0.377. The maximum absolute atomic E-state index is 6.22. The van der Waals surface area contributed by atoms with Crippen LogP contribution in [-0.4, -0.2) is 12.6 Å². The third-order valence-electron chi connectivity index (χ3n) is 3.75. The Labute approximate surface area is 109 Å². The van der Waals surface area contributed by atoms with Gasteiger partial charge in [0.25, 0.3) is 0 Å². The lowest BCUT2D eigenvalue weighted by Crippen LogP contribution is -2.40. The summed E-state index contributed by atoms with van der Waals surface area (Å²) in [6.45, 7) is 6.23. The highest BCUT2D eigenvalue weighted by Crippen LogP contribution is 2.33. The number of anilines is 1. The Hall–Kier alpha value is -0.730. The fourth-order valence-corrected chi connectivity index (χ4v) is 3.03. The van der Waals surface area contributed by atoms with Crippen LogP contribution in [0.1, 0.15) is 32.3 Å². The summed E-state index contributed by atoms with van der Waals surface area (Å²) in [5.74, 6) is 0.821. The molecule has 0 aliphatic carbocycles. The predicted octanol–water partition coefficient (Wildman–Crippen LogP) is 3.42. The van der Waals surface area contributed by atoms with Crippen molar-refractivity contribution in [3.05, 3.63) is 28.8 Å². The fourth-order valence-electron chi connectivity index (χ4n) is 2.78. The van der Waals surface area contributed by atoms with Crippen molar-refractivity contribution < 1.29 is 0 Å². The second kappa shape index (κ2) is 5.28. The average molecular weight is 253 g/mol. The van der Waals surface area contributed by atoms with Gasteiger partial charge in [-0.05, 0) is 37.8 Å². The second-order valence-corrected chi connectivity index (χ2v) is 5.52. The molecule has 1 fully saturated rings. The molecule has 0 bridgehead atoms. The molecule has 1 heterocycles. The molecule has 3 heteroatoms. The maximum atomic E-state index is 6.22. The third kappa shape index (κ3) is 2.58. The lowest BCUT2D eigenvalue weighted by atomic mass is 9.92. The lowest BCUT2D eigenvalue weighted by Gasteiger charge is -2.39. The average Bonchev–Trinajstić information content (AvgIpc) is 2.29. The summed E-state index contributed by atoms with van der Waals surface area (Å²) in [6.07, 6.45) is 2.50. The fraction of sp³-hybridized carbons (Fsp3) is 0.571. The van der Waals surface area contributed by atoms with Crippen LogP contribution in [0.4, 0.5) is 5.69 Å². The van der Waals surface area contributed by atoms with Gasteiger partial charge in [-0.3, -0.25) is 0 Å². The number of hydrogen-bond acceptors (Lipinski definition) is 2. The van der Waals surface area contributed by atoms with Gasteiger partial charge in [0.1, 0.15) is 0 Å². The molecular formula is C14H21ClN2. The number of rotatable bonds is 2. The first-order valence-corrected chi connectivity index (χ1v) is 6.75. The quantitative estimate of drug-likeness (QED) is 0.874. The largest absolute Gasteiger partial charge is 0.369 e. The Balaban J connectivity index is 2.30. The van der Waals surface area contributed by atoms with Crippen LogP contribution in [0, 0.1) is 5.92 Å². The Kier molecular flexibility index (Phi) is 3.95. The third-order valence-corrected chi connectivity index (χ3v) is 4.10. The summed E-state index contributed by atoms with van der Waals surface area (Å²) >= 11 is 6.22. The molecule has 1 aliphatic heterocycles. The normalized spacial score (nSPS) is 25.1. The van der Waals surface area contributed by atoms with E-state index in [0.29, 0.717) is 12.6 Å². The maximum Gasteiger partial charge on any atom is 0.0471 e. The number of halogens is 1. The van der Waals surface area contributed by atoms with Gasteiger partial charge in [0.15, 0.2) is 0 Å². The Morgan fingerprint density at radius 2 is 2.18 bits per heavy atom. The van der Waals surface area contributed by atoms with E-state index in [1.807, 2.05) is 12.1 Å². The van der Waals surface area contributed by atoms with Crippen LogP contribution in [0.25, 0.3) is 0 Å². The van der Waals surface area contributed by atoms with Crippen LogP contribution in [0.3, 0.4) is 0 Å². The number of piperidine rings is 1. The second-order valence-electron chi connectivity index (χ2n) is 5.11. The first kappa shape index (κ1) is 12.7. The molecule has 1 aromatic carbocycles. The molecule has 2 N–H and O–H groups in total. The monoisotopic (exact) mass is 252 g/mol. The van der Waals surface area contributed by atoms with Crippen LogP contribution in [0.2, 0.25) is 5.02 Å². The van der Waals surface area contributed by atoms with E-state index in [-0.39, 0.29) is 0 Å². The molecule has 2 unspecified atom stereocenters. The van der Waals surface area contributed by atoms with Gasteiger partial charge in [0.2, 0.25) is 0 Å². The van der Waals surface area contributed by atoms with Crippen molar-refractivity contribution in [1.82, 2.24) is 0 Å². The minimum atomic E-state index is 0.508. The molecule has 1 aliphatic rings. The number of benzene rings is 1. The van der Waals surface area contributed by atoms with Gasteiger partial charge in [0.05, 0.1) is 0 Å². The smallest absolute Gasteiger partial charge is 0.0471 e. The molecule has 0 radical (unpaired) electrons. The van der Waals surface area contributed by atoms with Gasteiger partial charge < -0.3 is 10.6 Å². The predicted molar refractivity (Wildman–Crippen MR) is 74.5 cm³/mol. The Morgan fingerprint density at radius 3 is 2.82 bits per heavy atom. The van der Waals surface area contributed by atoms with Gasteiger partial charge in [-0.1, -0.05) is 24.6 Å². The van der Waals surface area contributed by atoms with Crippen molar-refractivity contribution in [3.63, 3.8) is 0 Å². The van der Waals surface area contributed by atoms with E-state index < -0.39 is 0 Å². The zero-order valence-electron chi connectivity index (χ0n) is 10.6. The number of nitrogens with two attached hydrogens (primary N) is 1. The standard InChI is InChI=1S/C14H21ClN2/c1-10-6-7-17(11(2)8-10)14-5-3-4-13(15)12(14)9-16/h3-5,10-11H,6-9,16H2,1-2H3. The topological polar surface area (TPSA) is 29.3 Å². The summed E-state index contributed by atoms with van der Waals surface area (Å²) in [5.41, 5.74) is 8.12. The molecule has 1 aromatic rings. The van der Waals surface area contributed by atoms with E-state index in [1.165, 1.54) is 18.5 Å². The molecule has 0 saturated carbocycles. The Morgan fingerprint density at radius 1 is 1.41 bits per heavy atom. The minimum Gasteiger partial charge on any atom is -0.369 e. The van der Waals surface area contributed by atoms with Gasteiger partial charge >= 0.3 is 0 Å². The van der Waals surface area contributed by atoms with Crippen molar-refractivity contribution >= 4 is 17.3 Å². The Bertz CT molecular complexity index is 392. The van der Waals surface area contributed by atoms with Crippen LogP contribution in [0.15, 0.2) is 18.2 Å². The zero-order valence-corrected chi connectivity index (χ0v) is 11.4. The summed E-state index contributed by atoms with van der Waals surface area (Å²) in [5, 5.41) is 0.788. The molecule has 17 heavy (non-hydrogen) atoms. The molecule has 0 amide bonds. The van der Waals surface area contributed by atoms with E-state index in [9.17, 15) is 0 Å². The van der Waals surface area contributed by atoms with Gasteiger partial charge in [-0.2, -0.15) is 0 Å². The van der Waals surface area contributed by atoms with Crippen molar-refractivity contribution in [2.24, 2.45) is 11.7 Å². The highest BCUT2D eigenvalue weighted by Gasteiger charge is 2.24. The van der Waals surface area contributed by atoms with Crippen molar-refractivity contribution in [2.45, 2.75) is 39.3 Å². The molecule has 2 atom stereocenters. The molecular weight excluding hydrogens is 232 g/mol. The highest BCUT2D eigenvalue weighted by atomic mass is 35.5. The van der Waals surface area contributed by atoms with Gasteiger partial charge in [-0.15, -0.1) is 0 Å². The van der Waals surface area contributed by atoms with E-state index in [0.717, 1.165) is 23.0 Å². The number of nitrogens with zero attached hydrogens (tertiary/aromatic N) is 1. The SMILES string of the molecule is CC1CCN(c2cccc(Cl)c2CN)C(C)C1. The van der Waals surface area contributed by atoms with Crippen molar-refractivity contribution in [3.8, 4) is 0 Å². The van der Waals surface area contributed by atoms with Crippen molar-refractivity contribution in [2.75, 3.05) is 11.4 Å². The summed E-state index contributed by atoms with van der Waals surface area (Å²) in [7, 11) is 0. The van der Waals surface area contributed by atoms with E-state index in [2.05, 4.69) is 24.8 Å². The molecule has 2 rings (SSSR count). The number of hydrogen-bond donors (Lipinski definition) is 1. The molecule has 0 aromatic heterocycles. The van der Waals surface area contributed by atoms with E-state index in [4.69, 9.17) is 17.3 Å². The van der Waals surface area contributed by atoms with Gasteiger partial charge in [-0.25, -0.2) is 0 Å².